The van der Waals surface area contributed by atoms with E-state index in [1.54, 1.807) is 0 Å². The van der Waals surface area contributed by atoms with Crippen molar-refractivity contribution in [2.24, 2.45) is 5.41 Å². The van der Waals surface area contributed by atoms with Crippen LogP contribution in [-0.4, -0.2) is 25.8 Å². The quantitative estimate of drug-likeness (QED) is 0.858. The minimum atomic E-state index is 0.237. The van der Waals surface area contributed by atoms with Gasteiger partial charge in [-0.25, -0.2) is 0 Å². The van der Waals surface area contributed by atoms with E-state index >= 15 is 0 Å². The minimum Gasteiger partial charge on any atom is -0.494 e. The Morgan fingerprint density at radius 3 is 2.48 bits per heavy atom. The molecular weight excluding hydrogens is 262 g/mol. The highest BCUT2D eigenvalue weighted by atomic mass is 16.5. The van der Waals surface area contributed by atoms with Gasteiger partial charge in [0.1, 0.15) is 17.6 Å². The van der Waals surface area contributed by atoms with Crippen molar-refractivity contribution in [1.82, 2.24) is 5.32 Å². The largest absolute Gasteiger partial charge is 0.494 e. The van der Waals surface area contributed by atoms with E-state index in [9.17, 15) is 0 Å². The fourth-order valence-electron chi connectivity index (χ4n) is 2.98. The van der Waals surface area contributed by atoms with Crippen LogP contribution in [-0.2, 0) is 0 Å². The van der Waals surface area contributed by atoms with Crippen molar-refractivity contribution >= 4 is 0 Å². The van der Waals surface area contributed by atoms with Crippen LogP contribution in [0.3, 0.4) is 0 Å². The van der Waals surface area contributed by atoms with Crippen LogP contribution >= 0.6 is 0 Å². The summed E-state index contributed by atoms with van der Waals surface area (Å²) >= 11 is 0. The molecule has 0 aliphatic heterocycles. The van der Waals surface area contributed by atoms with Gasteiger partial charge in [0.2, 0.25) is 0 Å². The Morgan fingerprint density at radius 2 is 1.86 bits per heavy atom. The maximum absolute atomic E-state index is 6.24. The van der Waals surface area contributed by atoms with Crippen molar-refractivity contribution in [3.05, 3.63) is 24.3 Å². The van der Waals surface area contributed by atoms with E-state index < -0.39 is 0 Å². The molecule has 2 rings (SSSR count). The molecule has 21 heavy (non-hydrogen) atoms. The van der Waals surface area contributed by atoms with Gasteiger partial charge in [-0.05, 0) is 62.4 Å². The Balaban J connectivity index is 1.98. The number of rotatable bonds is 6. The average Bonchev–Trinajstić information content (AvgIpc) is 2.46. The zero-order valence-corrected chi connectivity index (χ0v) is 13.8. The van der Waals surface area contributed by atoms with Crippen molar-refractivity contribution in [2.45, 2.75) is 58.6 Å². The molecule has 3 heteroatoms. The van der Waals surface area contributed by atoms with Crippen LogP contribution < -0.4 is 14.8 Å². The molecule has 2 unspecified atom stereocenters. The van der Waals surface area contributed by atoms with Gasteiger partial charge in [-0.1, -0.05) is 20.8 Å². The monoisotopic (exact) mass is 291 g/mol. The predicted molar refractivity (Wildman–Crippen MR) is 87.1 cm³/mol. The zero-order valence-electron chi connectivity index (χ0n) is 13.8. The number of nitrogens with one attached hydrogen (secondary N) is 1. The maximum Gasteiger partial charge on any atom is 0.120 e. The molecule has 0 aromatic heterocycles. The van der Waals surface area contributed by atoms with Gasteiger partial charge in [0, 0.05) is 6.04 Å². The van der Waals surface area contributed by atoms with Crippen LogP contribution in [0.25, 0.3) is 0 Å². The normalized spacial score (nSPS) is 24.6. The molecule has 1 aliphatic carbocycles. The summed E-state index contributed by atoms with van der Waals surface area (Å²) in [5.41, 5.74) is 0.363. The van der Waals surface area contributed by atoms with Gasteiger partial charge in [0.05, 0.1) is 6.61 Å². The second-order valence-corrected chi connectivity index (χ2v) is 6.78. The van der Waals surface area contributed by atoms with E-state index in [1.807, 2.05) is 31.3 Å². The van der Waals surface area contributed by atoms with Gasteiger partial charge in [-0.15, -0.1) is 0 Å². The Bertz CT molecular complexity index is 427. The molecule has 3 nitrogen and oxygen atoms in total. The molecule has 0 heterocycles. The van der Waals surface area contributed by atoms with E-state index in [1.165, 1.54) is 12.8 Å². The summed E-state index contributed by atoms with van der Waals surface area (Å²) in [5.74, 6) is 1.85. The molecule has 0 bridgehead atoms. The summed E-state index contributed by atoms with van der Waals surface area (Å²) < 4.78 is 11.8. The highest BCUT2D eigenvalue weighted by Gasteiger charge is 2.35. The number of hydrogen-bond acceptors (Lipinski definition) is 3. The Labute approximate surface area is 129 Å². The molecule has 0 saturated heterocycles. The van der Waals surface area contributed by atoms with Crippen LogP contribution in [0.4, 0.5) is 0 Å². The molecule has 118 valence electrons. The van der Waals surface area contributed by atoms with Crippen molar-refractivity contribution in [1.29, 1.82) is 0 Å². The smallest absolute Gasteiger partial charge is 0.120 e. The summed E-state index contributed by atoms with van der Waals surface area (Å²) in [6, 6.07) is 8.45. The van der Waals surface area contributed by atoms with Crippen LogP contribution in [0, 0.1) is 5.41 Å². The molecule has 1 saturated carbocycles. The number of hydrogen-bond donors (Lipinski definition) is 1. The van der Waals surface area contributed by atoms with Gasteiger partial charge in [-0.2, -0.15) is 0 Å². The van der Waals surface area contributed by atoms with Crippen molar-refractivity contribution in [3.63, 3.8) is 0 Å². The van der Waals surface area contributed by atoms with Crippen molar-refractivity contribution in [2.75, 3.05) is 13.7 Å². The van der Waals surface area contributed by atoms with Crippen molar-refractivity contribution < 1.29 is 9.47 Å². The second kappa shape index (κ2) is 7.17. The number of benzene rings is 1. The molecule has 0 spiro atoms. The number of ether oxygens (including phenoxy) is 2. The van der Waals surface area contributed by atoms with E-state index in [4.69, 9.17) is 9.47 Å². The van der Waals surface area contributed by atoms with Crippen LogP contribution in [0.1, 0.15) is 46.5 Å². The van der Waals surface area contributed by atoms with Gasteiger partial charge < -0.3 is 14.8 Å². The molecule has 1 N–H and O–H groups in total. The molecule has 1 aromatic rings. The third-order valence-electron chi connectivity index (χ3n) is 4.29. The minimum absolute atomic E-state index is 0.237. The highest BCUT2D eigenvalue weighted by molar-refractivity contribution is 5.31. The molecule has 1 aromatic carbocycles. The SMILES string of the molecule is CCCOc1ccc(OC2CC(C)(C)CCC2NC)cc1. The second-order valence-electron chi connectivity index (χ2n) is 6.78. The summed E-state index contributed by atoms with van der Waals surface area (Å²) in [6.07, 6.45) is 4.78. The lowest BCUT2D eigenvalue weighted by Gasteiger charge is -2.40. The standard InChI is InChI=1S/C18H29NO2/c1-5-12-20-14-6-8-15(9-7-14)21-17-13-18(2,3)11-10-16(17)19-4/h6-9,16-17,19H,5,10-13H2,1-4H3. The van der Waals surface area contributed by atoms with Crippen LogP contribution in [0.15, 0.2) is 24.3 Å². The summed E-state index contributed by atoms with van der Waals surface area (Å²) in [5, 5.41) is 3.40. The molecule has 2 atom stereocenters. The Kier molecular flexibility index (Phi) is 5.51. The lowest BCUT2D eigenvalue weighted by molar-refractivity contribution is 0.0558. The van der Waals surface area contributed by atoms with E-state index in [0.717, 1.165) is 30.9 Å². The Morgan fingerprint density at radius 1 is 1.19 bits per heavy atom. The average molecular weight is 291 g/mol. The molecule has 1 aliphatic rings. The van der Waals surface area contributed by atoms with Gasteiger partial charge in [0.15, 0.2) is 0 Å². The summed E-state index contributed by atoms with van der Waals surface area (Å²) in [6.45, 7) is 7.53. The predicted octanol–water partition coefficient (Wildman–Crippen LogP) is 4.02. The first-order chi connectivity index (χ1) is 10.0. The maximum atomic E-state index is 6.24. The van der Waals surface area contributed by atoms with E-state index in [2.05, 4.69) is 26.1 Å². The summed E-state index contributed by atoms with van der Waals surface area (Å²) in [4.78, 5) is 0. The molecular formula is C18H29NO2. The van der Waals surface area contributed by atoms with Gasteiger partial charge >= 0.3 is 0 Å². The first kappa shape index (κ1) is 16.2. The van der Waals surface area contributed by atoms with Gasteiger partial charge in [-0.3, -0.25) is 0 Å². The summed E-state index contributed by atoms with van der Waals surface area (Å²) in [7, 11) is 2.03. The first-order valence-electron chi connectivity index (χ1n) is 8.11. The van der Waals surface area contributed by atoms with Gasteiger partial charge in [0.25, 0.3) is 0 Å². The third kappa shape index (κ3) is 4.63. The first-order valence-corrected chi connectivity index (χ1v) is 8.11. The topological polar surface area (TPSA) is 30.5 Å². The lowest BCUT2D eigenvalue weighted by Crippen LogP contribution is -2.47. The van der Waals surface area contributed by atoms with E-state index in [-0.39, 0.29) is 6.10 Å². The lowest BCUT2D eigenvalue weighted by atomic mass is 9.74. The van der Waals surface area contributed by atoms with Crippen LogP contribution in [0.5, 0.6) is 11.5 Å². The zero-order chi connectivity index (χ0) is 15.3. The molecule has 0 radical (unpaired) electrons. The van der Waals surface area contributed by atoms with Crippen LogP contribution in [0.2, 0.25) is 0 Å². The Hall–Kier alpha value is -1.22. The fraction of sp³-hybridized carbons (Fsp3) is 0.667. The fourth-order valence-corrected chi connectivity index (χ4v) is 2.98. The highest BCUT2D eigenvalue weighted by Crippen LogP contribution is 2.37. The third-order valence-corrected chi connectivity index (χ3v) is 4.29. The number of likely N-dealkylation sites (N-methyl/N-ethyl adjacent to an activating group) is 1. The van der Waals surface area contributed by atoms with E-state index in [0.29, 0.717) is 11.5 Å². The molecule has 0 amide bonds. The van der Waals surface area contributed by atoms with Crippen molar-refractivity contribution in [3.8, 4) is 11.5 Å². The molecule has 1 fully saturated rings.